The predicted octanol–water partition coefficient (Wildman–Crippen LogP) is 1.62. The number of ether oxygens (including phenoxy) is 1. The van der Waals surface area contributed by atoms with Crippen molar-refractivity contribution in [2.24, 2.45) is 0 Å². The van der Waals surface area contributed by atoms with Gasteiger partial charge in [-0.2, -0.15) is 0 Å². The molecule has 1 amide bonds. The molecule has 0 spiro atoms. The summed E-state index contributed by atoms with van der Waals surface area (Å²) in [7, 11) is 1.68. The molecule has 1 fully saturated rings. The van der Waals surface area contributed by atoms with Crippen LogP contribution < -0.4 is 15.0 Å². The highest BCUT2D eigenvalue weighted by atomic mass is 32.1. The zero-order chi connectivity index (χ0) is 16.9. The maximum absolute atomic E-state index is 12.1. The summed E-state index contributed by atoms with van der Waals surface area (Å²) in [5.41, 5.74) is 1.16. The minimum Gasteiger partial charge on any atom is -0.497 e. The first-order valence-electron chi connectivity index (χ1n) is 7.85. The topological polar surface area (TPSA) is 70.6 Å². The Bertz CT molecular complexity index is 697. The number of rotatable bonds is 5. The van der Waals surface area contributed by atoms with Crippen molar-refractivity contribution >= 4 is 28.1 Å². The molecular weight excluding hydrogens is 326 g/mol. The molecule has 0 bridgehead atoms. The fraction of sp³-hybridized carbons (Fsp3) is 0.438. The van der Waals surface area contributed by atoms with Gasteiger partial charge in [0.25, 0.3) is 0 Å². The van der Waals surface area contributed by atoms with E-state index in [1.165, 1.54) is 11.3 Å². The summed E-state index contributed by atoms with van der Waals surface area (Å²) < 4.78 is 5.28. The van der Waals surface area contributed by atoms with Crippen LogP contribution in [0, 0.1) is 6.92 Å². The first-order chi connectivity index (χ1) is 11.6. The van der Waals surface area contributed by atoms with Crippen molar-refractivity contribution in [3.05, 3.63) is 29.3 Å². The number of amides is 1. The van der Waals surface area contributed by atoms with Crippen LogP contribution in [0.5, 0.6) is 5.75 Å². The zero-order valence-electron chi connectivity index (χ0n) is 13.9. The quantitative estimate of drug-likeness (QED) is 0.886. The molecule has 1 aliphatic heterocycles. The van der Waals surface area contributed by atoms with Gasteiger partial charge in [0.2, 0.25) is 11.0 Å². The van der Waals surface area contributed by atoms with Crippen LogP contribution in [0.1, 0.15) is 5.01 Å². The van der Waals surface area contributed by atoms with Crippen LogP contribution in [0.4, 0.5) is 10.8 Å². The van der Waals surface area contributed by atoms with Crippen LogP contribution >= 0.6 is 11.3 Å². The number of nitrogens with zero attached hydrogens (tertiary/aromatic N) is 4. The summed E-state index contributed by atoms with van der Waals surface area (Å²) in [5, 5.41) is 12.0. The van der Waals surface area contributed by atoms with Gasteiger partial charge in [0, 0.05) is 37.9 Å². The summed E-state index contributed by atoms with van der Waals surface area (Å²) >= 11 is 1.39. The Labute approximate surface area is 145 Å². The fourth-order valence-corrected chi connectivity index (χ4v) is 3.29. The molecule has 1 aliphatic rings. The number of piperazine rings is 1. The van der Waals surface area contributed by atoms with E-state index in [1.807, 2.05) is 25.1 Å². The minimum atomic E-state index is -0.0408. The number of aromatic nitrogens is 2. The average molecular weight is 347 g/mol. The average Bonchev–Trinajstić information content (AvgIpc) is 3.00. The number of anilines is 2. The molecule has 2 heterocycles. The Morgan fingerprint density at radius 2 is 2.08 bits per heavy atom. The number of aryl methyl sites for hydroxylation is 1. The number of nitrogens with one attached hydrogen (secondary N) is 1. The van der Waals surface area contributed by atoms with Crippen molar-refractivity contribution in [1.82, 2.24) is 15.1 Å². The smallest absolute Gasteiger partial charge is 0.240 e. The summed E-state index contributed by atoms with van der Waals surface area (Å²) in [5.74, 6) is 0.822. The molecular formula is C16H21N5O2S. The number of benzene rings is 1. The van der Waals surface area contributed by atoms with Crippen LogP contribution in [0.25, 0.3) is 0 Å². The normalized spacial score (nSPS) is 15.3. The highest BCUT2D eigenvalue weighted by molar-refractivity contribution is 7.15. The molecule has 8 heteroatoms. The van der Waals surface area contributed by atoms with Gasteiger partial charge in [-0.25, -0.2) is 0 Å². The molecule has 7 nitrogen and oxygen atoms in total. The van der Waals surface area contributed by atoms with Crippen molar-refractivity contribution in [3.8, 4) is 5.75 Å². The lowest BCUT2D eigenvalue weighted by atomic mass is 10.2. The van der Waals surface area contributed by atoms with E-state index in [-0.39, 0.29) is 5.91 Å². The third-order valence-corrected chi connectivity index (χ3v) is 4.68. The van der Waals surface area contributed by atoms with E-state index >= 15 is 0 Å². The second-order valence-electron chi connectivity index (χ2n) is 5.64. The van der Waals surface area contributed by atoms with Crippen LogP contribution in [-0.2, 0) is 4.79 Å². The molecule has 0 unspecified atom stereocenters. The van der Waals surface area contributed by atoms with Crippen molar-refractivity contribution in [1.29, 1.82) is 0 Å². The van der Waals surface area contributed by atoms with E-state index in [9.17, 15) is 4.79 Å². The van der Waals surface area contributed by atoms with Gasteiger partial charge >= 0.3 is 0 Å². The maximum atomic E-state index is 12.1. The van der Waals surface area contributed by atoms with Gasteiger partial charge in [0.15, 0.2) is 0 Å². The van der Waals surface area contributed by atoms with E-state index in [0.717, 1.165) is 42.6 Å². The molecule has 0 radical (unpaired) electrons. The zero-order valence-corrected chi connectivity index (χ0v) is 14.7. The Kier molecular flexibility index (Phi) is 5.27. The lowest BCUT2D eigenvalue weighted by Gasteiger charge is -2.35. The van der Waals surface area contributed by atoms with Crippen LogP contribution in [-0.4, -0.2) is 60.8 Å². The van der Waals surface area contributed by atoms with Gasteiger partial charge in [-0.05, 0) is 19.1 Å². The van der Waals surface area contributed by atoms with E-state index in [2.05, 4.69) is 31.4 Å². The fourth-order valence-electron chi connectivity index (χ4n) is 2.68. The van der Waals surface area contributed by atoms with Gasteiger partial charge in [0.1, 0.15) is 10.8 Å². The number of hydrogen-bond donors (Lipinski definition) is 1. The van der Waals surface area contributed by atoms with Gasteiger partial charge in [0.05, 0.1) is 13.7 Å². The minimum absolute atomic E-state index is 0.0408. The summed E-state index contributed by atoms with van der Waals surface area (Å²) in [6, 6.07) is 8.07. The predicted molar refractivity (Wildman–Crippen MR) is 94.9 cm³/mol. The summed E-state index contributed by atoms with van der Waals surface area (Å²) in [4.78, 5) is 16.5. The molecule has 0 aliphatic carbocycles. The number of carbonyl (C=O) groups is 1. The molecule has 0 atom stereocenters. The Hall–Kier alpha value is -2.19. The molecule has 1 saturated heterocycles. The maximum Gasteiger partial charge on any atom is 0.240 e. The first-order valence-corrected chi connectivity index (χ1v) is 8.67. The first kappa shape index (κ1) is 16.7. The summed E-state index contributed by atoms with van der Waals surface area (Å²) in [6.07, 6.45) is 0. The summed E-state index contributed by atoms with van der Waals surface area (Å²) in [6.45, 7) is 5.71. The lowest BCUT2D eigenvalue weighted by Crippen LogP contribution is -2.48. The van der Waals surface area contributed by atoms with Gasteiger partial charge in [-0.3, -0.25) is 15.0 Å². The monoisotopic (exact) mass is 347 g/mol. The SMILES string of the molecule is COc1cccc(N2CCN(CC(=O)Nc3nnc(C)s3)CC2)c1. The Balaban J connectivity index is 1.48. The number of hydrogen-bond acceptors (Lipinski definition) is 7. The van der Waals surface area contributed by atoms with E-state index < -0.39 is 0 Å². The Morgan fingerprint density at radius 3 is 2.75 bits per heavy atom. The molecule has 1 aromatic heterocycles. The lowest BCUT2D eigenvalue weighted by molar-refractivity contribution is -0.117. The molecule has 3 rings (SSSR count). The van der Waals surface area contributed by atoms with Crippen molar-refractivity contribution in [2.75, 3.05) is 50.1 Å². The molecule has 0 saturated carbocycles. The molecule has 1 aromatic carbocycles. The van der Waals surface area contributed by atoms with Crippen molar-refractivity contribution in [3.63, 3.8) is 0 Å². The van der Waals surface area contributed by atoms with E-state index in [0.29, 0.717) is 11.7 Å². The van der Waals surface area contributed by atoms with E-state index in [1.54, 1.807) is 7.11 Å². The molecule has 1 N–H and O–H groups in total. The third-order valence-electron chi connectivity index (χ3n) is 3.93. The van der Waals surface area contributed by atoms with Crippen LogP contribution in [0.3, 0.4) is 0 Å². The van der Waals surface area contributed by atoms with Crippen molar-refractivity contribution < 1.29 is 9.53 Å². The van der Waals surface area contributed by atoms with Crippen LogP contribution in [0.2, 0.25) is 0 Å². The highest BCUT2D eigenvalue weighted by Gasteiger charge is 2.20. The van der Waals surface area contributed by atoms with Gasteiger partial charge in [-0.15, -0.1) is 10.2 Å². The second-order valence-corrected chi connectivity index (χ2v) is 6.82. The Morgan fingerprint density at radius 1 is 1.29 bits per heavy atom. The van der Waals surface area contributed by atoms with E-state index in [4.69, 9.17) is 4.74 Å². The van der Waals surface area contributed by atoms with Crippen LogP contribution in [0.15, 0.2) is 24.3 Å². The largest absolute Gasteiger partial charge is 0.497 e. The molecule has 2 aromatic rings. The van der Waals surface area contributed by atoms with Crippen molar-refractivity contribution in [2.45, 2.75) is 6.92 Å². The van der Waals surface area contributed by atoms with Gasteiger partial charge < -0.3 is 9.64 Å². The number of methoxy groups -OCH3 is 1. The third kappa shape index (κ3) is 4.21. The standard InChI is InChI=1S/C16H21N5O2S/c1-12-18-19-16(24-12)17-15(22)11-20-6-8-21(9-7-20)13-4-3-5-14(10-13)23-2/h3-5,10H,6-9,11H2,1-2H3,(H,17,19,22). The molecule has 128 valence electrons. The highest BCUT2D eigenvalue weighted by Crippen LogP contribution is 2.22. The second kappa shape index (κ2) is 7.59. The van der Waals surface area contributed by atoms with Gasteiger partial charge in [-0.1, -0.05) is 17.4 Å². The molecule has 24 heavy (non-hydrogen) atoms. The number of carbonyl (C=O) groups excluding carboxylic acids is 1.